The zero-order valence-electron chi connectivity index (χ0n) is 7.62. The van der Waals surface area contributed by atoms with Gasteiger partial charge in [-0.2, -0.15) is 0 Å². The van der Waals surface area contributed by atoms with Crippen molar-refractivity contribution in [3.8, 4) is 0 Å². The third kappa shape index (κ3) is 2.21. The summed E-state index contributed by atoms with van der Waals surface area (Å²) in [5.74, 6) is 0.374. The van der Waals surface area contributed by atoms with Gasteiger partial charge < -0.3 is 10.5 Å². The summed E-state index contributed by atoms with van der Waals surface area (Å²) in [5, 5.41) is 0. The second-order valence-corrected chi connectivity index (χ2v) is 2.92. The Labute approximate surface area is 77.6 Å². The van der Waals surface area contributed by atoms with Crippen LogP contribution in [0.4, 0.5) is 0 Å². The van der Waals surface area contributed by atoms with E-state index in [0.29, 0.717) is 5.76 Å². The van der Waals surface area contributed by atoms with E-state index in [1.54, 1.807) is 7.11 Å². The molecule has 0 aromatic carbocycles. The molecule has 0 aromatic heterocycles. The Morgan fingerprint density at radius 1 is 1.77 bits per heavy atom. The van der Waals surface area contributed by atoms with Crippen molar-refractivity contribution in [2.45, 2.75) is 6.42 Å². The standard InChI is InChI=1S/C10H13NO2/c1-7-8(6-10(11)12)4-3-5-9(7)13-2/h3-5,8H,1,6H2,2H3,(H2,11,12). The minimum atomic E-state index is -0.326. The molecule has 0 aromatic rings. The predicted molar refractivity (Wildman–Crippen MR) is 50.7 cm³/mol. The van der Waals surface area contributed by atoms with Gasteiger partial charge in [-0.05, 0) is 11.6 Å². The molecule has 0 radical (unpaired) electrons. The molecule has 1 aliphatic carbocycles. The highest BCUT2D eigenvalue weighted by atomic mass is 16.5. The van der Waals surface area contributed by atoms with Crippen molar-refractivity contribution in [3.05, 3.63) is 36.1 Å². The first kappa shape index (κ1) is 9.58. The van der Waals surface area contributed by atoms with Crippen LogP contribution in [0, 0.1) is 5.92 Å². The van der Waals surface area contributed by atoms with Crippen LogP contribution in [-0.2, 0) is 9.53 Å². The van der Waals surface area contributed by atoms with Crippen molar-refractivity contribution >= 4 is 5.91 Å². The minimum Gasteiger partial charge on any atom is -0.496 e. The second-order valence-electron chi connectivity index (χ2n) is 2.92. The maximum atomic E-state index is 10.7. The summed E-state index contributed by atoms with van der Waals surface area (Å²) in [4.78, 5) is 10.7. The number of methoxy groups -OCH3 is 1. The molecule has 3 nitrogen and oxygen atoms in total. The highest BCUT2D eigenvalue weighted by molar-refractivity contribution is 5.75. The molecule has 13 heavy (non-hydrogen) atoms. The molecule has 3 heteroatoms. The van der Waals surface area contributed by atoms with E-state index in [4.69, 9.17) is 10.5 Å². The van der Waals surface area contributed by atoms with Crippen LogP contribution >= 0.6 is 0 Å². The second kappa shape index (κ2) is 3.94. The van der Waals surface area contributed by atoms with Crippen LogP contribution < -0.4 is 5.73 Å². The lowest BCUT2D eigenvalue weighted by Gasteiger charge is -2.19. The number of hydrogen-bond donors (Lipinski definition) is 1. The van der Waals surface area contributed by atoms with Gasteiger partial charge in [0.25, 0.3) is 0 Å². The molecule has 1 atom stereocenters. The Balaban J connectivity index is 2.72. The molecule has 1 aliphatic rings. The zero-order valence-corrected chi connectivity index (χ0v) is 7.62. The summed E-state index contributed by atoms with van der Waals surface area (Å²) in [6.07, 6.45) is 5.85. The lowest BCUT2D eigenvalue weighted by atomic mass is 9.91. The quantitative estimate of drug-likeness (QED) is 0.706. The normalized spacial score (nSPS) is 21.2. The molecule has 1 unspecified atom stereocenters. The van der Waals surface area contributed by atoms with Gasteiger partial charge in [0, 0.05) is 12.3 Å². The number of allylic oxidation sites excluding steroid dienone is 4. The van der Waals surface area contributed by atoms with Crippen molar-refractivity contribution in [3.63, 3.8) is 0 Å². The molecule has 0 fully saturated rings. The molecule has 0 heterocycles. The molecule has 0 aliphatic heterocycles. The number of hydrogen-bond acceptors (Lipinski definition) is 2. The molecule has 0 spiro atoms. The van der Waals surface area contributed by atoms with Gasteiger partial charge in [-0.3, -0.25) is 4.79 Å². The number of rotatable bonds is 3. The van der Waals surface area contributed by atoms with Crippen molar-refractivity contribution in [2.75, 3.05) is 7.11 Å². The summed E-state index contributed by atoms with van der Waals surface area (Å²) in [5.41, 5.74) is 5.91. The molecule has 70 valence electrons. The van der Waals surface area contributed by atoms with Gasteiger partial charge in [0.1, 0.15) is 5.76 Å². The highest BCUT2D eigenvalue weighted by Gasteiger charge is 2.18. The SMILES string of the molecule is C=C1C(OC)=CC=CC1CC(N)=O. The Kier molecular flexibility index (Phi) is 2.90. The lowest BCUT2D eigenvalue weighted by molar-refractivity contribution is -0.118. The number of amides is 1. The van der Waals surface area contributed by atoms with E-state index in [1.807, 2.05) is 18.2 Å². The molecule has 0 saturated heterocycles. The van der Waals surface area contributed by atoms with Gasteiger partial charge >= 0.3 is 0 Å². The molecule has 1 rings (SSSR count). The van der Waals surface area contributed by atoms with Crippen molar-refractivity contribution in [1.29, 1.82) is 0 Å². The van der Waals surface area contributed by atoms with E-state index in [-0.39, 0.29) is 18.2 Å². The first-order valence-corrected chi connectivity index (χ1v) is 4.05. The highest BCUT2D eigenvalue weighted by Crippen LogP contribution is 2.26. The Morgan fingerprint density at radius 2 is 2.46 bits per heavy atom. The van der Waals surface area contributed by atoms with Crippen LogP contribution in [0.25, 0.3) is 0 Å². The van der Waals surface area contributed by atoms with E-state index in [2.05, 4.69) is 6.58 Å². The number of nitrogens with two attached hydrogens (primary N) is 1. The monoisotopic (exact) mass is 179 g/mol. The number of primary amides is 1. The summed E-state index contributed by atoms with van der Waals surface area (Å²) < 4.78 is 5.07. The van der Waals surface area contributed by atoms with Crippen LogP contribution in [0.3, 0.4) is 0 Å². The van der Waals surface area contributed by atoms with Crippen molar-refractivity contribution in [2.24, 2.45) is 11.7 Å². The fraction of sp³-hybridized carbons (Fsp3) is 0.300. The molecule has 0 bridgehead atoms. The first-order chi connectivity index (χ1) is 6.15. The van der Waals surface area contributed by atoms with Crippen LogP contribution in [0.15, 0.2) is 36.1 Å². The Bertz CT molecular complexity index is 289. The summed E-state index contributed by atoms with van der Waals surface area (Å²) in [7, 11) is 1.58. The molecule has 1 amide bonds. The van der Waals surface area contributed by atoms with Crippen LogP contribution in [-0.4, -0.2) is 13.0 Å². The fourth-order valence-electron chi connectivity index (χ4n) is 1.29. The van der Waals surface area contributed by atoms with E-state index < -0.39 is 0 Å². The van der Waals surface area contributed by atoms with Crippen LogP contribution in [0.5, 0.6) is 0 Å². The summed E-state index contributed by atoms with van der Waals surface area (Å²) in [6, 6.07) is 0. The van der Waals surface area contributed by atoms with Gasteiger partial charge in [0.15, 0.2) is 0 Å². The van der Waals surface area contributed by atoms with E-state index in [1.165, 1.54) is 0 Å². The summed E-state index contributed by atoms with van der Waals surface area (Å²) >= 11 is 0. The average Bonchev–Trinajstić information content (AvgIpc) is 2.08. The van der Waals surface area contributed by atoms with E-state index in [0.717, 1.165) is 5.57 Å². The molecular weight excluding hydrogens is 166 g/mol. The zero-order chi connectivity index (χ0) is 9.84. The van der Waals surface area contributed by atoms with Gasteiger partial charge in [0.2, 0.25) is 5.91 Å². The number of ether oxygens (including phenoxy) is 1. The lowest BCUT2D eigenvalue weighted by Crippen LogP contribution is -2.18. The first-order valence-electron chi connectivity index (χ1n) is 4.05. The van der Waals surface area contributed by atoms with Crippen molar-refractivity contribution < 1.29 is 9.53 Å². The summed E-state index contributed by atoms with van der Waals surface area (Å²) in [6.45, 7) is 3.85. The fourth-order valence-corrected chi connectivity index (χ4v) is 1.29. The number of carbonyl (C=O) groups excluding carboxylic acids is 1. The molecular formula is C10H13NO2. The maximum Gasteiger partial charge on any atom is 0.218 e. The van der Waals surface area contributed by atoms with Gasteiger partial charge in [-0.25, -0.2) is 0 Å². The van der Waals surface area contributed by atoms with Crippen LogP contribution in [0.2, 0.25) is 0 Å². The number of carbonyl (C=O) groups is 1. The van der Waals surface area contributed by atoms with Crippen molar-refractivity contribution in [1.82, 2.24) is 0 Å². The Morgan fingerprint density at radius 3 is 3.00 bits per heavy atom. The Hall–Kier alpha value is -1.51. The molecule has 0 saturated carbocycles. The minimum absolute atomic E-state index is 0.0163. The van der Waals surface area contributed by atoms with E-state index in [9.17, 15) is 4.79 Å². The van der Waals surface area contributed by atoms with Crippen LogP contribution in [0.1, 0.15) is 6.42 Å². The third-order valence-electron chi connectivity index (χ3n) is 2.00. The van der Waals surface area contributed by atoms with Gasteiger partial charge in [-0.15, -0.1) is 0 Å². The smallest absolute Gasteiger partial charge is 0.218 e. The largest absolute Gasteiger partial charge is 0.496 e. The third-order valence-corrected chi connectivity index (χ3v) is 2.00. The predicted octanol–water partition coefficient (Wildman–Crippen LogP) is 1.13. The van der Waals surface area contributed by atoms with Gasteiger partial charge in [-0.1, -0.05) is 18.7 Å². The maximum absolute atomic E-state index is 10.7. The van der Waals surface area contributed by atoms with Gasteiger partial charge in [0.05, 0.1) is 7.11 Å². The average molecular weight is 179 g/mol. The molecule has 2 N–H and O–H groups in total. The van der Waals surface area contributed by atoms with E-state index >= 15 is 0 Å². The topological polar surface area (TPSA) is 52.3 Å².